The summed E-state index contributed by atoms with van der Waals surface area (Å²) in [6.45, 7) is 2.55. The van der Waals surface area contributed by atoms with Crippen molar-refractivity contribution in [3.63, 3.8) is 0 Å². The molecule has 0 aromatic heterocycles. The second-order valence-electron chi connectivity index (χ2n) is 5.84. The number of halogens is 1. The summed E-state index contributed by atoms with van der Waals surface area (Å²) < 4.78 is 0. The molecule has 0 spiro atoms. The van der Waals surface area contributed by atoms with E-state index >= 15 is 0 Å². The molecule has 1 nitrogen and oxygen atoms in total. The van der Waals surface area contributed by atoms with Crippen molar-refractivity contribution in [3.05, 3.63) is 29.8 Å². The summed E-state index contributed by atoms with van der Waals surface area (Å²) in [5.74, 6) is 1.99. The van der Waals surface area contributed by atoms with E-state index in [9.17, 15) is 0 Å². The van der Waals surface area contributed by atoms with Gasteiger partial charge in [-0.1, -0.05) is 47.3 Å². The zero-order valence-corrected chi connectivity index (χ0v) is 12.5. The van der Waals surface area contributed by atoms with E-state index in [2.05, 4.69) is 45.1 Å². The van der Waals surface area contributed by atoms with Crippen LogP contribution in [0.3, 0.4) is 0 Å². The highest BCUT2D eigenvalue weighted by atomic mass is 79.9. The smallest absolute Gasteiger partial charge is 0.0366 e. The van der Waals surface area contributed by atoms with Gasteiger partial charge < -0.3 is 4.90 Å². The van der Waals surface area contributed by atoms with Gasteiger partial charge in [-0.2, -0.15) is 0 Å². The molecule has 1 saturated heterocycles. The lowest BCUT2D eigenvalue weighted by atomic mass is 9.75. The van der Waals surface area contributed by atoms with Crippen molar-refractivity contribution in [2.75, 3.05) is 18.0 Å². The van der Waals surface area contributed by atoms with Crippen molar-refractivity contribution in [1.29, 1.82) is 0 Å². The Bertz CT molecular complexity index is 387. The molecule has 2 unspecified atom stereocenters. The van der Waals surface area contributed by atoms with E-state index < -0.39 is 0 Å². The maximum Gasteiger partial charge on any atom is 0.0366 e. The monoisotopic (exact) mass is 307 g/mol. The molecule has 1 aliphatic heterocycles. The Hall–Kier alpha value is -0.500. The lowest BCUT2D eigenvalue weighted by molar-refractivity contribution is 0.202. The van der Waals surface area contributed by atoms with Crippen LogP contribution in [0.2, 0.25) is 0 Å². The lowest BCUT2D eigenvalue weighted by Gasteiger charge is -2.42. The fraction of sp³-hybridized carbons (Fsp3) is 0.625. The minimum atomic E-state index is 0.956. The molecule has 3 rings (SSSR count). The van der Waals surface area contributed by atoms with Crippen LogP contribution in [0, 0.1) is 11.8 Å². The number of anilines is 1. The average Bonchev–Trinajstić information content (AvgIpc) is 2.47. The molecule has 98 valence electrons. The van der Waals surface area contributed by atoms with Gasteiger partial charge in [0.2, 0.25) is 0 Å². The summed E-state index contributed by atoms with van der Waals surface area (Å²) in [6, 6.07) is 9.08. The number of hydrogen-bond acceptors (Lipinski definition) is 1. The molecule has 0 amide bonds. The first kappa shape index (κ1) is 12.5. The molecular formula is C16H22BrN. The SMILES string of the molecule is BrCc1ccc(N2CCC3CCCCC3C2)cc1. The lowest BCUT2D eigenvalue weighted by Crippen LogP contribution is -2.41. The molecule has 2 aliphatic rings. The summed E-state index contributed by atoms with van der Waals surface area (Å²) >= 11 is 3.51. The van der Waals surface area contributed by atoms with E-state index in [-0.39, 0.29) is 0 Å². The summed E-state index contributed by atoms with van der Waals surface area (Å²) in [7, 11) is 0. The van der Waals surface area contributed by atoms with Crippen LogP contribution in [-0.2, 0) is 5.33 Å². The zero-order chi connectivity index (χ0) is 12.4. The molecule has 1 saturated carbocycles. The second-order valence-corrected chi connectivity index (χ2v) is 6.40. The quantitative estimate of drug-likeness (QED) is 0.722. The standard InChI is InChI=1S/C16H22BrN/c17-11-13-5-7-16(8-6-13)18-10-9-14-3-1-2-4-15(14)12-18/h5-8,14-15H,1-4,9-12H2. The number of hydrogen-bond donors (Lipinski definition) is 0. The largest absolute Gasteiger partial charge is 0.371 e. The van der Waals surface area contributed by atoms with Gasteiger partial charge in [0.05, 0.1) is 0 Å². The predicted octanol–water partition coefficient (Wildman–Crippen LogP) is 4.60. The third-order valence-electron chi connectivity index (χ3n) is 4.75. The van der Waals surface area contributed by atoms with Crippen molar-refractivity contribution in [2.45, 2.75) is 37.4 Å². The molecular weight excluding hydrogens is 286 g/mol. The first-order valence-electron chi connectivity index (χ1n) is 7.26. The van der Waals surface area contributed by atoms with Crippen LogP contribution in [0.15, 0.2) is 24.3 Å². The number of nitrogens with zero attached hydrogens (tertiary/aromatic N) is 1. The number of benzene rings is 1. The third kappa shape index (κ3) is 2.59. The van der Waals surface area contributed by atoms with Gasteiger partial charge in [-0.25, -0.2) is 0 Å². The minimum Gasteiger partial charge on any atom is -0.371 e. The van der Waals surface area contributed by atoms with Gasteiger partial charge in [0, 0.05) is 24.1 Å². The van der Waals surface area contributed by atoms with E-state index in [1.807, 2.05) is 0 Å². The first-order chi connectivity index (χ1) is 8.86. The maximum atomic E-state index is 3.51. The molecule has 2 atom stereocenters. The predicted molar refractivity (Wildman–Crippen MR) is 81.4 cm³/mol. The van der Waals surface area contributed by atoms with Crippen LogP contribution in [0.5, 0.6) is 0 Å². The van der Waals surface area contributed by atoms with E-state index in [1.54, 1.807) is 0 Å². The Morgan fingerprint density at radius 3 is 2.44 bits per heavy atom. The number of rotatable bonds is 2. The Balaban J connectivity index is 1.69. The van der Waals surface area contributed by atoms with Gasteiger partial charge in [-0.05, 0) is 42.4 Å². The molecule has 2 fully saturated rings. The molecule has 18 heavy (non-hydrogen) atoms. The van der Waals surface area contributed by atoms with Crippen molar-refractivity contribution in [3.8, 4) is 0 Å². The normalized spacial score (nSPS) is 27.9. The summed E-state index contributed by atoms with van der Waals surface area (Å²) in [5.41, 5.74) is 2.79. The topological polar surface area (TPSA) is 3.24 Å². The Morgan fingerprint density at radius 1 is 1.00 bits per heavy atom. The molecule has 0 N–H and O–H groups in total. The molecule has 0 bridgehead atoms. The van der Waals surface area contributed by atoms with Crippen LogP contribution in [0.1, 0.15) is 37.7 Å². The number of piperidine rings is 1. The Morgan fingerprint density at radius 2 is 1.72 bits per heavy atom. The van der Waals surface area contributed by atoms with Crippen molar-refractivity contribution in [2.24, 2.45) is 11.8 Å². The zero-order valence-electron chi connectivity index (χ0n) is 10.9. The Labute approximate surface area is 119 Å². The summed E-state index contributed by atoms with van der Waals surface area (Å²) in [6.07, 6.45) is 7.28. The van der Waals surface area contributed by atoms with Gasteiger partial charge in [-0.3, -0.25) is 0 Å². The minimum absolute atomic E-state index is 0.956. The van der Waals surface area contributed by atoms with Crippen LogP contribution in [-0.4, -0.2) is 13.1 Å². The van der Waals surface area contributed by atoms with Gasteiger partial charge in [-0.15, -0.1) is 0 Å². The molecule has 1 aromatic rings. The van der Waals surface area contributed by atoms with Crippen LogP contribution in [0.25, 0.3) is 0 Å². The molecule has 0 radical (unpaired) electrons. The average molecular weight is 308 g/mol. The van der Waals surface area contributed by atoms with E-state index in [4.69, 9.17) is 0 Å². The molecule has 1 aromatic carbocycles. The van der Waals surface area contributed by atoms with Crippen molar-refractivity contribution in [1.82, 2.24) is 0 Å². The van der Waals surface area contributed by atoms with Crippen molar-refractivity contribution < 1.29 is 0 Å². The highest BCUT2D eigenvalue weighted by molar-refractivity contribution is 9.08. The van der Waals surface area contributed by atoms with E-state index in [0.717, 1.165) is 17.2 Å². The molecule has 1 heterocycles. The fourth-order valence-electron chi connectivity index (χ4n) is 3.63. The van der Waals surface area contributed by atoms with Crippen LogP contribution < -0.4 is 4.90 Å². The van der Waals surface area contributed by atoms with Gasteiger partial charge in [0.15, 0.2) is 0 Å². The fourth-order valence-corrected chi connectivity index (χ4v) is 4.01. The first-order valence-corrected chi connectivity index (χ1v) is 8.39. The Kier molecular flexibility index (Phi) is 3.93. The number of alkyl halides is 1. The van der Waals surface area contributed by atoms with Gasteiger partial charge in [0.1, 0.15) is 0 Å². The van der Waals surface area contributed by atoms with E-state index in [1.165, 1.54) is 56.4 Å². The van der Waals surface area contributed by atoms with Crippen molar-refractivity contribution >= 4 is 21.6 Å². The highest BCUT2D eigenvalue weighted by Gasteiger charge is 2.30. The third-order valence-corrected chi connectivity index (χ3v) is 5.39. The van der Waals surface area contributed by atoms with E-state index in [0.29, 0.717) is 0 Å². The second kappa shape index (κ2) is 5.64. The van der Waals surface area contributed by atoms with Crippen LogP contribution >= 0.6 is 15.9 Å². The maximum absolute atomic E-state index is 3.51. The van der Waals surface area contributed by atoms with Gasteiger partial charge >= 0.3 is 0 Å². The van der Waals surface area contributed by atoms with Crippen LogP contribution in [0.4, 0.5) is 5.69 Å². The molecule has 2 heteroatoms. The van der Waals surface area contributed by atoms with Gasteiger partial charge in [0.25, 0.3) is 0 Å². The number of fused-ring (bicyclic) bond motifs is 1. The highest BCUT2D eigenvalue weighted by Crippen LogP contribution is 2.37. The summed E-state index contributed by atoms with van der Waals surface area (Å²) in [4.78, 5) is 2.60. The summed E-state index contributed by atoms with van der Waals surface area (Å²) in [5, 5.41) is 0.956. The molecule has 1 aliphatic carbocycles.